The maximum absolute atomic E-state index is 2.41. The Morgan fingerprint density at radius 2 is 0.935 bits per heavy atom. The zero-order chi connectivity index (χ0) is 20.5. The van der Waals surface area contributed by atoms with Crippen molar-refractivity contribution in [2.24, 2.45) is 0 Å². The Morgan fingerprint density at radius 3 is 1.29 bits per heavy atom. The standard InChI is InChI=1S/2C14H15.2ClH.Zr/c2*1-14(2,13-10-6-7-11-13)12-8-4-3-5-9-12;;;/h2*3-6,8-10H,7H2,1-2H3;2*1H;/q;;;;+2/p-2. The molecule has 0 fully saturated rings. The van der Waals surface area contributed by atoms with E-state index in [0.717, 1.165) is 12.8 Å². The molecule has 0 aromatic heterocycles. The molecule has 0 unspecified atom stereocenters. The van der Waals surface area contributed by atoms with Gasteiger partial charge in [-0.15, -0.1) is 0 Å². The molecule has 0 bridgehead atoms. The largest absolute Gasteiger partial charge is 1.00 e. The maximum atomic E-state index is 2.41. The second kappa shape index (κ2) is 10.7. The smallest absolute Gasteiger partial charge is 1.00 e. The van der Waals surface area contributed by atoms with Crippen LogP contribution in [0.1, 0.15) is 51.7 Å². The van der Waals surface area contributed by atoms with Gasteiger partial charge in [-0.05, 0) is 0 Å². The fourth-order valence-corrected chi connectivity index (χ4v) is 9.21. The molecule has 2 aliphatic carbocycles. The first-order valence-corrected chi connectivity index (χ1v) is 13.0. The second-order valence-corrected chi connectivity index (χ2v) is 12.7. The number of hydrogen-bond acceptors (Lipinski definition) is 0. The Labute approximate surface area is 212 Å². The van der Waals surface area contributed by atoms with Gasteiger partial charge < -0.3 is 24.8 Å². The van der Waals surface area contributed by atoms with Crippen molar-refractivity contribution in [1.29, 1.82) is 0 Å². The predicted molar refractivity (Wildman–Crippen MR) is 121 cm³/mol. The Kier molecular flexibility index (Phi) is 8.98. The molecule has 0 nitrogen and oxygen atoms in total. The van der Waals surface area contributed by atoms with Gasteiger partial charge in [0, 0.05) is 0 Å². The van der Waals surface area contributed by atoms with E-state index in [0.29, 0.717) is 0 Å². The first-order valence-electron chi connectivity index (χ1n) is 10.6. The quantitative estimate of drug-likeness (QED) is 0.533. The average Bonchev–Trinajstić information content (AvgIpc) is 3.40. The molecule has 160 valence electrons. The number of halogens is 2. The molecule has 0 radical (unpaired) electrons. The third kappa shape index (κ3) is 5.27. The van der Waals surface area contributed by atoms with E-state index in [1.165, 1.54) is 11.1 Å². The molecule has 0 atom stereocenters. The normalized spacial score (nSPS) is 15.6. The van der Waals surface area contributed by atoms with Crippen LogP contribution in [-0.4, -0.2) is 0 Å². The molecule has 0 N–H and O–H groups in total. The van der Waals surface area contributed by atoms with Crippen LogP contribution in [0.2, 0.25) is 0 Å². The Hall–Kier alpha value is -1.14. The van der Waals surface area contributed by atoms with Crippen molar-refractivity contribution in [2.75, 3.05) is 0 Å². The van der Waals surface area contributed by atoms with Crippen molar-refractivity contribution in [2.45, 2.75) is 51.4 Å². The third-order valence-corrected chi connectivity index (χ3v) is 10.3. The molecule has 0 heterocycles. The minimum atomic E-state index is -0.812. The Bertz CT molecular complexity index is 926. The Balaban J connectivity index is 0.00000171. The van der Waals surface area contributed by atoms with Crippen LogP contribution in [0, 0.1) is 0 Å². The van der Waals surface area contributed by atoms with E-state index in [1.807, 2.05) is 0 Å². The average molecular weight is 529 g/mol. The van der Waals surface area contributed by atoms with Gasteiger partial charge in [-0.1, -0.05) is 0 Å². The predicted octanol–water partition coefficient (Wildman–Crippen LogP) is 1.46. The summed E-state index contributed by atoms with van der Waals surface area (Å²) in [5, 5.41) is 0. The maximum Gasteiger partial charge on any atom is -1.00 e. The molecule has 2 aliphatic rings. The molecule has 0 saturated carbocycles. The van der Waals surface area contributed by atoms with Gasteiger partial charge in [0.05, 0.1) is 0 Å². The van der Waals surface area contributed by atoms with Crippen LogP contribution in [0.3, 0.4) is 0 Å². The number of benzene rings is 2. The van der Waals surface area contributed by atoms with Crippen molar-refractivity contribution >= 4 is 0 Å². The minimum Gasteiger partial charge on any atom is -1.00 e. The minimum absolute atomic E-state index is 0. The van der Waals surface area contributed by atoms with Crippen LogP contribution in [0.25, 0.3) is 0 Å². The molecular weight excluding hydrogens is 498 g/mol. The molecular formula is C28H30Cl2Zr. The van der Waals surface area contributed by atoms with E-state index >= 15 is 0 Å². The molecule has 0 saturated heterocycles. The van der Waals surface area contributed by atoms with Gasteiger partial charge in [0.1, 0.15) is 0 Å². The van der Waals surface area contributed by atoms with Crippen molar-refractivity contribution < 1.29 is 48.0 Å². The molecule has 2 aromatic carbocycles. The topological polar surface area (TPSA) is 0 Å². The van der Waals surface area contributed by atoms with Crippen molar-refractivity contribution in [1.82, 2.24) is 0 Å². The molecule has 0 aliphatic heterocycles. The SMILES string of the molecule is CC(C)(C1=[C]([Zr+2][C]2=C(C(C)(C)c3ccccc3)C=CC2)CC=C1)c1ccccc1.[Cl-].[Cl-]. The second-order valence-electron chi connectivity index (χ2n) is 9.10. The van der Waals surface area contributed by atoms with Gasteiger partial charge in [-0.2, -0.15) is 0 Å². The summed E-state index contributed by atoms with van der Waals surface area (Å²) in [4.78, 5) is 0. The van der Waals surface area contributed by atoms with Gasteiger partial charge in [-0.25, -0.2) is 0 Å². The first-order chi connectivity index (χ1) is 13.9. The van der Waals surface area contributed by atoms with Crippen LogP contribution < -0.4 is 24.8 Å². The summed E-state index contributed by atoms with van der Waals surface area (Å²) in [6.45, 7) is 9.57. The summed E-state index contributed by atoms with van der Waals surface area (Å²) in [6, 6.07) is 22.0. The van der Waals surface area contributed by atoms with Crippen molar-refractivity contribution in [3.63, 3.8) is 0 Å². The monoisotopic (exact) mass is 526 g/mol. The van der Waals surface area contributed by atoms with Crippen LogP contribution in [0.5, 0.6) is 0 Å². The van der Waals surface area contributed by atoms with Crippen LogP contribution in [0.4, 0.5) is 0 Å². The molecule has 2 aromatic rings. The zero-order valence-electron chi connectivity index (χ0n) is 18.8. The summed E-state index contributed by atoms with van der Waals surface area (Å²) < 4.78 is 3.50. The van der Waals surface area contributed by atoms with E-state index in [1.54, 1.807) is 17.7 Å². The number of hydrogen-bond donors (Lipinski definition) is 0. The number of rotatable bonds is 6. The van der Waals surface area contributed by atoms with Crippen molar-refractivity contribution in [3.8, 4) is 0 Å². The summed E-state index contributed by atoms with van der Waals surface area (Å²) >= 11 is -0.812. The fourth-order valence-electron chi connectivity index (χ4n) is 4.62. The molecule has 0 amide bonds. The number of allylic oxidation sites excluding steroid dienone is 8. The first kappa shape index (κ1) is 26.1. The fraction of sp³-hybridized carbons (Fsp3) is 0.286. The zero-order valence-corrected chi connectivity index (χ0v) is 22.7. The van der Waals surface area contributed by atoms with Gasteiger partial charge in [0.2, 0.25) is 0 Å². The van der Waals surface area contributed by atoms with Crippen molar-refractivity contribution in [3.05, 3.63) is 114 Å². The van der Waals surface area contributed by atoms with E-state index in [4.69, 9.17) is 0 Å². The third-order valence-electron chi connectivity index (χ3n) is 6.50. The van der Waals surface area contributed by atoms with Crippen LogP contribution >= 0.6 is 0 Å². The molecule has 31 heavy (non-hydrogen) atoms. The van der Waals surface area contributed by atoms with E-state index < -0.39 is 23.2 Å². The van der Waals surface area contributed by atoms with E-state index in [2.05, 4.69) is 113 Å². The van der Waals surface area contributed by atoms with E-state index in [9.17, 15) is 0 Å². The van der Waals surface area contributed by atoms with Gasteiger partial charge in [0.25, 0.3) is 0 Å². The molecule has 3 heteroatoms. The van der Waals surface area contributed by atoms with Gasteiger partial charge in [0.15, 0.2) is 0 Å². The summed E-state index contributed by atoms with van der Waals surface area (Å²) in [6.07, 6.45) is 11.9. The van der Waals surface area contributed by atoms with Crippen LogP contribution in [-0.2, 0) is 34.1 Å². The van der Waals surface area contributed by atoms with Gasteiger partial charge in [-0.3, -0.25) is 0 Å². The van der Waals surface area contributed by atoms with E-state index in [-0.39, 0.29) is 35.6 Å². The van der Waals surface area contributed by atoms with Crippen LogP contribution in [0.15, 0.2) is 103 Å². The summed E-state index contributed by atoms with van der Waals surface area (Å²) in [7, 11) is 0. The van der Waals surface area contributed by atoms with Gasteiger partial charge >= 0.3 is 188 Å². The Morgan fingerprint density at radius 1 is 0.581 bits per heavy atom. The molecule has 4 rings (SSSR count). The summed E-state index contributed by atoms with van der Waals surface area (Å²) in [5.74, 6) is 0. The summed E-state index contributed by atoms with van der Waals surface area (Å²) in [5.41, 5.74) is 6.14. The molecule has 0 spiro atoms.